The highest BCUT2D eigenvalue weighted by Gasteiger charge is 2.14. The van der Waals surface area contributed by atoms with Gasteiger partial charge in [0, 0.05) is 44.0 Å². The van der Waals surface area contributed by atoms with Crippen molar-refractivity contribution in [2.45, 2.75) is 46.2 Å². The second-order valence-electron chi connectivity index (χ2n) is 6.74. The molecule has 0 saturated heterocycles. The van der Waals surface area contributed by atoms with Gasteiger partial charge in [-0.3, -0.25) is 9.88 Å². The summed E-state index contributed by atoms with van der Waals surface area (Å²) in [7, 11) is 0. The molecule has 1 rings (SSSR count). The van der Waals surface area contributed by atoms with E-state index in [-0.39, 0.29) is 5.54 Å². The summed E-state index contributed by atoms with van der Waals surface area (Å²) in [5.74, 6) is 0.541. The van der Waals surface area contributed by atoms with E-state index in [1.807, 2.05) is 12.3 Å². The molecule has 4 heteroatoms. The van der Waals surface area contributed by atoms with E-state index in [4.69, 9.17) is 5.26 Å². The molecular weight excluding hydrogens is 260 g/mol. The summed E-state index contributed by atoms with van der Waals surface area (Å²) in [6, 6.07) is 6.29. The van der Waals surface area contributed by atoms with E-state index in [0.29, 0.717) is 12.3 Å². The first-order chi connectivity index (χ1) is 9.90. The van der Waals surface area contributed by atoms with Gasteiger partial charge in [-0.2, -0.15) is 5.26 Å². The molecule has 0 aliphatic rings. The topological polar surface area (TPSA) is 52.0 Å². The molecule has 0 bridgehead atoms. The van der Waals surface area contributed by atoms with Crippen LogP contribution in [0.2, 0.25) is 0 Å². The molecule has 0 amide bonds. The van der Waals surface area contributed by atoms with Gasteiger partial charge in [0.1, 0.15) is 0 Å². The average Bonchev–Trinajstić information content (AvgIpc) is 2.43. The highest BCUT2D eigenvalue weighted by atomic mass is 15.1. The van der Waals surface area contributed by atoms with Crippen molar-refractivity contribution in [1.82, 2.24) is 15.2 Å². The summed E-state index contributed by atoms with van der Waals surface area (Å²) >= 11 is 0. The molecule has 21 heavy (non-hydrogen) atoms. The van der Waals surface area contributed by atoms with Crippen molar-refractivity contribution >= 4 is 0 Å². The smallest absolute Gasteiger partial charge is 0.0635 e. The Morgan fingerprint density at radius 3 is 2.76 bits per heavy atom. The van der Waals surface area contributed by atoms with Crippen LogP contribution < -0.4 is 5.32 Å². The number of rotatable bonds is 8. The van der Waals surface area contributed by atoms with Gasteiger partial charge in [-0.25, -0.2) is 0 Å². The molecule has 0 radical (unpaired) electrons. The second-order valence-corrected chi connectivity index (χ2v) is 6.74. The Hall–Kier alpha value is -1.44. The minimum atomic E-state index is 0.148. The zero-order valence-electron chi connectivity index (χ0n) is 13.8. The predicted octanol–water partition coefficient (Wildman–Crippen LogP) is 2.82. The number of nitrogens with one attached hydrogen (secondary N) is 1. The Balaban J connectivity index is 2.51. The largest absolute Gasteiger partial charge is 0.312 e. The zero-order valence-corrected chi connectivity index (χ0v) is 13.8. The molecular formula is C17H28N4. The van der Waals surface area contributed by atoms with Crippen molar-refractivity contribution in [3.63, 3.8) is 0 Å². The van der Waals surface area contributed by atoms with E-state index in [1.54, 1.807) is 6.20 Å². The fraction of sp³-hybridized carbons (Fsp3) is 0.647. The van der Waals surface area contributed by atoms with Gasteiger partial charge in [0.05, 0.1) is 6.07 Å². The number of nitriles is 1. The molecule has 116 valence electrons. The van der Waals surface area contributed by atoms with E-state index < -0.39 is 0 Å². The summed E-state index contributed by atoms with van der Waals surface area (Å²) in [5, 5.41) is 12.4. The van der Waals surface area contributed by atoms with Crippen LogP contribution in [0.4, 0.5) is 0 Å². The Bertz CT molecular complexity index is 430. The summed E-state index contributed by atoms with van der Waals surface area (Å²) in [5.41, 5.74) is 1.35. The standard InChI is InChI=1S/C17H28N4/c1-15(11-20-17(2,3)4)13-21(10-6-8-18)14-16-7-5-9-19-12-16/h5,7,9,12,15,20H,6,10-11,13-14H2,1-4H3. The third-order valence-electron chi connectivity index (χ3n) is 3.22. The van der Waals surface area contributed by atoms with Crippen LogP contribution in [0, 0.1) is 17.2 Å². The highest BCUT2D eigenvalue weighted by Crippen LogP contribution is 2.08. The van der Waals surface area contributed by atoms with Crippen LogP contribution in [0.15, 0.2) is 24.5 Å². The molecule has 0 aliphatic heterocycles. The highest BCUT2D eigenvalue weighted by molar-refractivity contribution is 5.08. The Morgan fingerprint density at radius 2 is 2.19 bits per heavy atom. The van der Waals surface area contributed by atoms with E-state index in [2.05, 4.69) is 55.0 Å². The number of nitrogens with zero attached hydrogens (tertiary/aromatic N) is 3. The molecule has 1 unspecified atom stereocenters. The molecule has 1 N–H and O–H groups in total. The molecule has 1 aromatic heterocycles. The molecule has 1 heterocycles. The van der Waals surface area contributed by atoms with Crippen LogP contribution in [0.5, 0.6) is 0 Å². The Labute approximate surface area is 129 Å². The number of hydrogen-bond donors (Lipinski definition) is 1. The monoisotopic (exact) mass is 288 g/mol. The number of hydrogen-bond acceptors (Lipinski definition) is 4. The Kier molecular flexibility index (Phi) is 7.35. The molecule has 1 atom stereocenters. The lowest BCUT2D eigenvalue weighted by Gasteiger charge is -2.28. The van der Waals surface area contributed by atoms with Crippen LogP contribution in [0.3, 0.4) is 0 Å². The average molecular weight is 288 g/mol. The van der Waals surface area contributed by atoms with Crippen LogP contribution >= 0.6 is 0 Å². The Morgan fingerprint density at radius 1 is 1.43 bits per heavy atom. The lowest BCUT2D eigenvalue weighted by molar-refractivity contribution is 0.224. The van der Waals surface area contributed by atoms with Gasteiger partial charge in [-0.15, -0.1) is 0 Å². The van der Waals surface area contributed by atoms with Gasteiger partial charge < -0.3 is 5.32 Å². The molecule has 0 saturated carbocycles. The maximum atomic E-state index is 8.82. The number of aromatic nitrogens is 1. The third-order valence-corrected chi connectivity index (χ3v) is 3.22. The molecule has 0 aliphatic carbocycles. The maximum absolute atomic E-state index is 8.82. The first kappa shape index (κ1) is 17.6. The molecule has 0 fully saturated rings. The minimum Gasteiger partial charge on any atom is -0.312 e. The number of pyridine rings is 1. The van der Waals surface area contributed by atoms with Crippen molar-refractivity contribution < 1.29 is 0 Å². The summed E-state index contributed by atoms with van der Waals surface area (Å²) in [6.07, 6.45) is 4.26. The predicted molar refractivity (Wildman–Crippen MR) is 86.7 cm³/mol. The second kappa shape index (κ2) is 8.76. The van der Waals surface area contributed by atoms with Gasteiger partial charge in [-0.1, -0.05) is 13.0 Å². The lowest BCUT2D eigenvalue weighted by atomic mass is 10.1. The zero-order chi connectivity index (χ0) is 15.7. The van der Waals surface area contributed by atoms with E-state index in [0.717, 1.165) is 26.2 Å². The van der Waals surface area contributed by atoms with E-state index in [9.17, 15) is 0 Å². The minimum absolute atomic E-state index is 0.148. The first-order valence-corrected chi connectivity index (χ1v) is 7.64. The lowest BCUT2D eigenvalue weighted by Crippen LogP contribution is -2.41. The van der Waals surface area contributed by atoms with Gasteiger partial charge in [-0.05, 0) is 44.9 Å². The summed E-state index contributed by atoms with van der Waals surface area (Å²) in [4.78, 5) is 6.50. The van der Waals surface area contributed by atoms with Gasteiger partial charge in [0.15, 0.2) is 0 Å². The van der Waals surface area contributed by atoms with Crippen molar-refractivity contribution in [2.24, 2.45) is 5.92 Å². The van der Waals surface area contributed by atoms with Gasteiger partial charge in [0.25, 0.3) is 0 Å². The third kappa shape index (κ3) is 8.44. The molecule has 0 aromatic carbocycles. The van der Waals surface area contributed by atoms with Crippen LogP contribution in [0.1, 0.15) is 39.7 Å². The van der Waals surface area contributed by atoms with Gasteiger partial charge >= 0.3 is 0 Å². The van der Waals surface area contributed by atoms with Gasteiger partial charge in [0.2, 0.25) is 0 Å². The molecule has 0 spiro atoms. The quantitative estimate of drug-likeness (QED) is 0.799. The van der Waals surface area contributed by atoms with Crippen LogP contribution in [-0.2, 0) is 6.54 Å². The normalized spacial score (nSPS) is 13.1. The van der Waals surface area contributed by atoms with Crippen molar-refractivity contribution in [3.8, 4) is 6.07 Å². The van der Waals surface area contributed by atoms with E-state index >= 15 is 0 Å². The molecule has 1 aromatic rings. The first-order valence-electron chi connectivity index (χ1n) is 7.64. The van der Waals surface area contributed by atoms with Crippen molar-refractivity contribution in [3.05, 3.63) is 30.1 Å². The van der Waals surface area contributed by atoms with Crippen LogP contribution in [0.25, 0.3) is 0 Å². The van der Waals surface area contributed by atoms with E-state index in [1.165, 1.54) is 5.56 Å². The summed E-state index contributed by atoms with van der Waals surface area (Å²) in [6.45, 7) is 12.4. The molecule has 4 nitrogen and oxygen atoms in total. The SMILES string of the molecule is CC(CNC(C)(C)C)CN(CCC#N)Cc1cccnc1. The van der Waals surface area contributed by atoms with Crippen LogP contribution in [-0.4, -0.2) is 35.1 Å². The fourth-order valence-corrected chi connectivity index (χ4v) is 2.18. The van der Waals surface area contributed by atoms with Crippen molar-refractivity contribution in [2.75, 3.05) is 19.6 Å². The summed E-state index contributed by atoms with van der Waals surface area (Å²) < 4.78 is 0. The maximum Gasteiger partial charge on any atom is 0.0635 e. The van der Waals surface area contributed by atoms with Crippen molar-refractivity contribution in [1.29, 1.82) is 5.26 Å². The fourth-order valence-electron chi connectivity index (χ4n) is 2.18.